The molecule has 0 spiro atoms. The monoisotopic (exact) mass is 362 g/mol. The van der Waals surface area contributed by atoms with Crippen molar-refractivity contribution in [2.24, 2.45) is 0 Å². The molecule has 3 heterocycles. The highest BCUT2D eigenvalue weighted by molar-refractivity contribution is 7.99. The topological polar surface area (TPSA) is 26.7 Å². The molecule has 1 aromatic carbocycles. The molecule has 3 nitrogen and oxygen atoms in total. The lowest BCUT2D eigenvalue weighted by molar-refractivity contribution is 0.109. The minimum absolute atomic E-state index is 0.518. The van der Waals surface area contributed by atoms with Crippen molar-refractivity contribution in [3.05, 3.63) is 52.2 Å². The van der Waals surface area contributed by atoms with Crippen LogP contribution in [0.15, 0.2) is 46.5 Å². The maximum Gasteiger partial charge on any atom is 0.120 e. The van der Waals surface area contributed by atoms with Gasteiger partial charge in [-0.3, -0.25) is 0 Å². The van der Waals surface area contributed by atoms with Crippen molar-refractivity contribution in [1.82, 2.24) is 9.80 Å². The number of rotatable bonds is 1. The normalized spacial score (nSPS) is 25.5. The van der Waals surface area contributed by atoms with E-state index in [2.05, 4.69) is 29.0 Å². The van der Waals surface area contributed by atoms with E-state index in [0.717, 1.165) is 59.4 Å². The van der Waals surface area contributed by atoms with E-state index in [1.807, 2.05) is 18.2 Å². The van der Waals surface area contributed by atoms with E-state index in [1.165, 1.54) is 5.57 Å². The SMILES string of the molecule is CN1CCC(N2CC=CC3=C2C(O)c2ccc(Cl)cc2SC3)CC1. The number of piperidine rings is 1. The van der Waals surface area contributed by atoms with Crippen molar-refractivity contribution in [3.8, 4) is 0 Å². The fraction of sp³-hybridized carbons (Fsp3) is 0.474. The molecule has 128 valence electrons. The smallest absolute Gasteiger partial charge is 0.120 e. The first-order valence-corrected chi connectivity index (χ1v) is 9.95. The number of halogens is 1. The Morgan fingerprint density at radius 1 is 1.25 bits per heavy atom. The molecule has 1 fully saturated rings. The number of allylic oxidation sites excluding steroid dienone is 1. The summed E-state index contributed by atoms with van der Waals surface area (Å²) in [7, 11) is 2.19. The molecule has 4 rings (SSSR count). The van der Waals surface area contributed by atoms with Gasteiger partial charge in [0.1, 0.15) is 6.10 Å². The number of aliphatic hydroxyl groups excluding tert-OH is 1. The molecule has 3 aliphatic heterocycles. The summed E-state index contributed by atoms with van der Waals surface area (Å²) in [6, 6.07) is 6.36. The van der Waals surface area contributed by atoms with E-state index < -0.39 is 6.10 Å². The Bertz CT molecular complexity index is 695. The molecular formula is C19H23ClN2OS. The van der Waals surface area contributed by atoms with Gasteiger partial charge in [-0.15, -0.1) is 11.8 Å². The average molecular weight is 363 g/mol. The van der Waals surface area contributed by atoms with Crippen molar-refractivity contribution in [2.45, 2.75) is 29.9 Å². The number of nitrogens with zero attached hydrogens (tertiary/aromatic N) is 2. The Hall–Kier alpha value is -0.940. The Labute approximate surface area is 153 Å². The van der Waals surface area contributed by atoms with Crippen LogP contribution in [0.25, 0.3) is 0 Å². The van der Waals surface area contributed by atoms with Crippen LogP contribution in [0.5, 0.6) is 0 Å². The number of hydrogen-bond acceptors (Lipinski definition) is 4. The Morgan fingerprint density at radius 2 is 2.04 bits per heavy atom. The lowest BCUT2D eigenvalue weighted by Crippen LogP contribution is -2.45. The number of likely N-dealkylation sites (tertiary alicyclic amines) is 1. The van der Waals surface area contributed by atoms with Crippen LogP contribution in [-0.4, -0.2) is 53.4 Å². The Kier molecular flexibility index (Phi) is 4.65. The first-order chi connectivity index (χ1) is 11.6. The van der Waals surface area contributed by atoms with Crippen molar-refractivity contribution in [1.29, 1.82) is 0 Å². The molecule has 0 bridgehead atoms. The first kappa shape index (κ1) is 16.5. The maximum absolute atomic E-state index is 11.2. The number of thioether (sulfide) groups is 1. The molecule has 0 aliphatic carbocycles. The average Bonchev–Trinajstić information content (AvgIpc) is 2.73. The third-order valence-corrected chi connectivity index (χ3v) is 6.66. The van der Waals surface area contributed by atoms with Gasteiger partial charge in [0.2, 0.25) is 0 Å². The second-order valence-electron chi connectivity index (χ2n) is 6.87. The zero-order valence-corrected chi connectivity index (χ0v) is 15.5. The van der Waals surface area contributed by atoms with E-state index in [0.29, 0.717) is 6.04 Å². The molecule has 0 saturated carbocycles. The molecule has 0 amide bonds. The molecule has 1 saturated heterocycles. The highest BCUT2D eigenvalue weighted by Gasteiger charge is 2.33. The summed E-state index contributed by atoms with van der Waals surface area (Å²) >= 11 is 7.93. The highest BCUT2D eigenvalue weighted by Crippen LogP contribution is 2.42. The molecule has 0 radical (unpaired) electrons. The van der Waals surface area contributed by atoms with Gasteiger partial charge in [0, 0.05) is 33.8 Å². The van der Waals surface area contributed by atoms with Crippen LogP contribution in [-0.2, 0) is 0 Å². The third kappa shape index (κ3) is 3.01. The third-order valence-electron chi connectivity index (χ3n) is 5.30. The summed E-state index contributed by atoms with van der Waals surface area (Å²) in [5.41, 5.74) is 3.35. The van der Waals surface area contributed by atoms with Crippen LogP contribution >= 0.6 is 23.4 Å². The lowest BCUT2D eigenvalue weighted by Gasteiger charge is -2.42. The minimum Gasteiger partial charge on any atom is -0.382 e. The van der Waals surface area contributed by atoms with E-state index in [4.69, 9.17) is 11.6 Å². The van der Waals surface area contributed by atoms with Gasteiger partial charge in [0.05, 0.1) is 5.70 Å². The minimum atomic E-state index is -0.563. The summed E-state index contributed by atoms with van der Waals surface area (Å²) in [4.78, 5) is 5.95. The van der Waals surface area contributed by atoms with Crippen LogP contribution < -0.4 is 0 Å². The van der Waals surface area contributed by atoms with Crippen LogP contribution in [0.1, 0.15) is 24.5 Å². The molecule has 1 N–H and O–H groups in total. The fourth-order valence-electron chi connectivity index (χ4n) is 3.95. The molecule has 1 atom stereocenters. The lowest BCUT2D eigenvalue weighted by atomic mass is 9.95. The number of aliphatic hydroxyl groups is 1. The van der Waals surface area contributed by atoms with E-state index >= 15 is 0 Å². The fourth-order valence-corrected chi connectivity index (χ4v) is 5.29. The van der Waals surface area contributed by atoms with Gasteiger partial charge in [-0.25, -0.2) is 0 Å². The van der Waals surface area contributed by atoms with Gasteiger partial charge in [0.15, 0.2) is 0 Å². The summed E-state index contributed by atoms with van der Waals surface area (Å²) in [6.45, 7) is 3.16. The molecule has 24 heavy (non-hydrogen) atoms. The summed E-state index contributed by atoms with van der Waals surface area (Å²) in [5, 5.41) is 11.9. The van der Waals surface area contributed by atoms with Crippen LogP contribution in [0, 0.1) is 0 Å². The highest BCUT2D eigenvalue weighted by atomic mass is 35.5. The van der Waals surface area contributed by atoms with Crippen molar-refractivity contribution in [2.75, 3.05) is 32.4 Å². The largest absolute Gasteiger partial charge is 0.382 e. The van der Waals surface area contributed by atoms with E-state index in [9.17, 15) is 5.11 Å². The molecule has 5 heteroatoms. The summed E-state index contributed by atoms with van der Waals surface area (Å²) in [5.74, 6) is 0.888. The Morgan fingerprint density at radius 3 is 2.83 bits per heavy atom. The zero-order valence-electron chi connectivity index (χ0n) is 13.9. The molecule has 1 unspecified atom stereocenters. The quantitative estimate of drug-likeness (QED) is 0.824. The molecule has 0 aromatic heterocycles. The van der Waals surface area contributed by atoms with Gasteiger partial charge in [-0.05, 0) is 50.7 Å². The van der Waals surface area contributed by atoms with Gasteiger partial charge < -0.3 is 14.9 Å². The van der Waals surface area contributed by atoms with Gasteiger partial charge in [-0.1, -0.05) is 29.8 Å². The van der Waals surface area contributed by atoms with Crippen LogP contribution in [0.2, 0.25) is 5.02 Å². The predicted octanol–water partition coefficient (Wildman–Crippen LogP) is 3.70. The standard InChI is InChI=1S/C19H23ClN2OS/c1-21-9-6-15(7-10-21)22-8-2-3-13-12-24-17-11-14(20)4-5-16(17)19(23)18(13)22/h2-5,11,15,19,23H,6-10,12H2,1H3. The van der Waals surface area contributed by atoms with Crippen LogP contribution in [0.4, 0.5) is 0 Å². The zero-order chi connectivity index (χ0) is 16.7. The molecule has 3 aliphatic rings. The van der Waals surface area contributed by atoms with Crippen LogP contribution in [0.3, 0.4) is 0 Å². The Balaban J connectivity index is 1.69. The van der Waals surface area contributed by atoms with Gasteiger partial charge >= 0.3 is 0 Å². The summed E-state index contributed by atoms with van der Waals surface area (Å²) < 4.78 is 0. The number of fused-ring (bicyclic) bond motifs is 1. The summed E-state index contributed by atoms with van der Waals surface area (Å²) in [6.07, 6.45) is 6.20. The molecular weight excluding hydrogens is 340 g/mol. The van der Waals surface area contributed by atoms with Crippen molar-refractivity contribution in [3.63, 3.8) is 0 Å². The van der Waals surface area contributed by atoms with Gasteiger partial charge in [-0.2, -0.15) is 0 Å². The van der Waals surface area contributed by atoms with E-state index in [1.54, 1.807) is 11.8 Å². The second kappa shape index (κ2) is 6.75. The number of hydrogen-bond donors (Lipinski definition) is 1. The van der Waals surface area contributed by atoms with E-state index in [-0.39, 0.29) is 0 Å². The maximum atomic E-state index is 11.2. The van der Waals surface area contributed by atoms with Crippen molar-refractivity contribution < 1.29 is 5.11 Å². The number of benzene rings is 1. The predicted molar refractivity (Wildman–Crippen MR) is 101 cm³/mol. The molecule has 1 aromatic rings. The first-order valence-electron chi connectivity index (χ1n) is 8.58. The second-order valence-corrected chi connectivity index (χ2v) is 8.33. The van der Waals surface area contributed by atoms with Crippen molar-refractivity contribution >= 4 is 23.4 Å². The van der Waals surface area contributed by atoms with Gasteiger partial charge in [0.25, 0.3) is 0 Å².